The van der Waals surface area contributed by atoms with Crippen LogP contribution in [-0.2, 0) is 13.0 Å². The van der Waals surface area contributed by atoms with Crippen molar-refractivity contribution in [1.82, 2.24) is 20.4 Å². The predicted octanol–water partition coefficient (Wildman–Crippen LogP) is 2.65. The normalized spacial score (nSPS) is 13.6. The van der Waals surface area contributed by atoms with Crippen molar-refractivity contribution in [2.24, 2.45) is 0 Å². The Balaban J connectivity index is 1.52. The molecule has 0 bridgehead atoms. The molecule has 0 saturated heterocycles. The fraction of sp³-hybridized carbons (Fsp3) is 0.333. The number of nitrogens with one attached hydrogen (secondary N) is 2. The lowest BCUT2D eigenvalue weighted by Gasteiger charge is -2.16. The molecule has 1 aliphatic rings. The molecule has 32 heavy (non-hydrogen) atoms. The monoisotopic (exact) mass is 433 g/mol. The van der Waals surface area contributed by atoms with Gasteiger partial charge in [-0.05, 0) is 49.2 Å². The minimum atomic E-state index is -0.474. The van der Waals surface area contributed by atoms with Crippen LogP contribution in [0.15, 0.2) is 47.3 Å². The molecular formula is C24H27N5O3. The fourth-order valence-corrected chi connectivity index (χ4v) is 3.92. The number of hydrogen-bond acceptors (Lipinski definition) is 5. The van der Waals surface area contributed by atoms with Crippen LogP contribution in [0.4, 0.5) is 5.69 Å². The minimum Gasteiger partial charge on any atom is -0.378 e. The lowest BCUT2D eigenvalue weighted by Crippen LogP contribution is -2.41. The van der Waals surface area contributed by atoms with Crippen LogP contribution in [0, 0.1) is 0 Å². The summed E-state index contributed by atoms with van der Waals surface area (Å²) in [6.45, 7) is 0.681. The average molecular weight is 434 g/mol. The summed E-state index contributed by atoms with van der Waals surface area (Å²) in [6, 6.07) is 11.9. The number of amides is 2. The maximum atomic E-state index is 12.9. The molecule has 0 fully saturated rings. The largest absolute Gasteiger partial charge is 0.378 e. The van der Waals surface area contributed by atoms with Crippen LogP contribution in [0.5, 0.6) is 0 Å². The molecule has 1 aromatic heterocycles. The summed E-state index contributed by atoms with van der Waals surface area (Å²) in [5.74, 6) is -0.118. The summed E-state index contributed by atoms with van der Waals surface area (Å²) in [4.78, 5) is 44.6. The molecule has 0 unspecified atom stereocenters. The van der Waals surface area contributed by atoms with Gasteiger partial charge in [-0.25, -0.2) is 4.98 Å². The SMILES string of the molecule is CN(C)c1cccc(C(=O)NNC(=O)c2ccc3c(=O)n4c(nc3c2)CCCCCC4)c1. The Kier molecular flexibility index (Phi) is 6.20. The van der Waals surface area contributed by atoms with Crippen molar-refractivity contribution < 1.29 is 9.59 Å². The number of nitrogens with zero attached hydrogens (tertiary/aromatic N) is 3. The molecule has 8 heteroatoms. The molecule has 1 aliphatic heterocycles. The van der Waals surface area contributed by atoms with Crippen LogP contribution in [-0.4, -0.2) is 35.5 Å². The summed E-state index contributed by atoms with van der Waals surface area (Å²) in [5.41, 5.74) is 6.96. The highest BCUT2D eigenvalue weighted by molar-refractivity contribution is 6.01. The number of carbonyl (C=O) groups excluding carboxylic acids is 2. The molecule has 3 aromatic rings. The van der Waals surface area contributed by atoms with E-state index in [4.69, 9.17) is 0 Å². The number of carbonyl (C=O) groups is 2. The molecule has 0 radical (unpaired) electrons. The van der Waals surface area contributed by atoms with E-state index in [2.05, 4.69) is 15.8 Å². The first-order valence-corrected chi connectivity index (χ1v) is 10.9. The van der Waals surface area contributed by atoms with Crippen molar-refractivity contribution in [2.75, 3.05) is 19.0 Å². The van der Waals surface area contributed by atoms with Gasteiger partial charge in [0, 0.05) is 43.9 Å². The minimum absolute atomic E-state index is 0.0621. The topological polar surface area (TPSA) is 96.3 Å². The van der Waals surface area contributed by atoms with Crippen molar-refractivity contribution in [3.63, 3.8) is 0 Å². The second kappa shape index (κ2) is 9.21. The summed E-state index contributed by atoms with van der Waals surface area (Å²) < 4.78 is 1.77. The van der Waals surface area contributed by atoms with Crippen LogP contribution in [0.25, 0.3) is 10.9 Å². The Morgan fingerprint density at radius 2 is 1.66 bits per heavy atom. The number of aromatic nitrogens is 2. The third-order valence-electron chi connectivity index (χ3n) is 5.74. The number of benzene rings is 2. The van der Waals surface area contributed by atoms with Gasteiger partial charge in [-0.2, -0.15) is 0 Å². The van der Waals surface area contributed by atoms with E-state index in [1.807, 2.05) is 25.1 Å². The van der Waals surface area contributed by atoms with E-state index in [0.717, 1.165) is 43.6 Å². The van der Waals surface area contributed by atoms with Gasteiger partial charge in [0.1, 0.15) is 5.82 Å². The van der Waals surface area contributed by atoms with E-state index >= 15 is 0 Å². The standard InChI is InChI=1S/C24H27N5O3/c1-28(2)18-9-7-8-16(14-18)22(30)26-27-23(31)17-11-12-19-20(15-17)25-21-10-5-3-4-6-13-29(21)24(19)32/h7-9,11-12,14-15H,3-6,10,13H2,1-2H3,(H,26,30)(H,27,31). The van der Waals surface area contributed by atoms with E-state index in [0.29, 0.717) is 28.6 Å². The molecule has 0 spiro atoms. The van der Waals surface area contributed by atoms with Crippen LogP contribution in [0.2, 0.25) is 0 Å². The maximum absolute atomic E-state index is 12.9. The van der Waals surface area contributed by atoms with Crippen molar-refractivity contribution in [3.05, 3.63) is 69.8 Å². The molecule has 0 atom stereocenters. The first-order valence-electron chi connectivity index (χ1n) is 10.9. The molecule has 166 valence electrons. The highest BCUT2D eigenvalue weighted by Crippen LogP contribution is 2.17. The number of hydrazine groups is 1. The average Bonchev–Trinajstić information content (AvgIpc) is 2.78. The van der Waals surface area contributed by atoms with Gasteiger partial charge in [-0.15, -0.1) is 0 Å². The van der Waals surface area contributed by atoms with E-state index in [1.54, 1.807) is 41.0 Å². The molecule has 8 nitrogen and oxygen atoms in total. The van der Waals surface area contributed by atoms with Crippen molar-refractivity contribution in [3.8, 4) is 0 Å². The fourth-order valence-electron chi connectivity index (χ4n) is 3.92. The number of fused-ring (bicyclic) bond motifs is 2. The third kappa shape index (κ3) is 4.49. The van der Waals surface area contributed by atoms with Gasteiger partial charge >= 0.3 is 0 Å². The lowest BCUT2D eigenvalue weighted by molar-refractivity contribution is 0.0847. The molecule has 2 N–H and O–H groups in total. The van der Waals surface area contributed by atoms with E-state index in [-0.39, 0.29) is 5.56 Å². The summed E-state index contributed by atoms with van der Waals surface area (Å²) in [7, 11) is 3.78. The Morgan fingerprint density at radius 1 is 0.938 bits per heavy atom. The third-order valence-corrected chi connectivity index (χ3v) is 5.74. The van der Waals surface area contributed by atoms with Crippen molar-refractivity contribution in [2.45, 2.75) is 38.6 Å². The molecule has 0 saturated carbocycles. The lowest BCUT2D eigenvalue weighted by atomic mass is 10.1. The van der Waals surface area contributed by atoms with Crippen molar-refractivity contribution >= 4 is 28.4 Å². The smallest absolute Gasteiger partial charge is 0.269 e. The van der Waals surface area contributed by atoms with Crippen LogP contribution >= 0.6 is 0 Å². The second-order valence-corrected chi connectivity index (χ2v) is 8.23. The molecular weight excluding hydrogens is 406 g/mol. The highest BCUT2D eigenvalue weighted by atomic mass is 16.2. The summed E-state index contributed by atoms with van der Waals surface area (Å²) >= 11 is 0. The maximum Gasteiger partial charge on any atom is 0.269 e. The quantitative estimate of drug-likeness (QED) is 0.619. The molecule has 0 aliphatic carbocycles. The van der Waals surface area contributed by atoms with E-state index in [1.165, 1.54) is 0 Å². The Bertz CT molecular complexity index is 1230. The number of rotatable bonds is 3. The molecule has 2 aromatic carbocycles. The first kappa shape index (κ1) is 21.5. The first-order chi connectivity index (χ1) is 15.4. The Labute approximate surface area is 186 Å². The van der Waals surface area contributed by atoms with Gasteiger partial charge in [0.2, 0.25) is 0 Å². The van der Waals surface area contributed by atoms with Gasteiger partial charge < -0.3 is 4.90 Å². The van der Waals surface area contributed by atoms with Gasteiger partial charge in [-0.1, -0.05) is 18.9 Å². The number of anilines is 1. The predicted molar refractivity (Wildman–Crippen MR) is 124 cm³/mol. The molecule has 4 rings (SSSR count). The summed E-state index contributed by atoms with van der Waals surface area (Å²) in [6.07, 6.45) is 4.97. The number of hydrogen-bond donors (Lipinski definition) is 2. The van der Waals surface area contributed by atoms with Gasteiger partial charge in [0.15, 0.2) is 0 Å². The number of aryl methyl sites for hydroxylation is 1. The summed E-state index contributed by atoms with van der Waals surface area (Å²) in [5, 5.41) is 0.496. The molecule has 2 amide bonds. The van der Waals surface area contributed by atoms with Crippen molar-refractivity contribution in [1.29, 1.82) is 0 Å². The highest BCUT2D eigenvalue weighted by Gasteiger charge is 2.15. The van der Waals surface area contributed by atoms with Gasteiger partial charge in [-0.3, -0.25) is 29.8 Å². The van der Waals surface area contributed by atoms with Gasteiger partial charge in [0.25, 0.3) is 17.4 Å². The van der Waals surface area contributed by atoms with Crippen LogP contribution < -0.4 is 21.3 Å². The van der Waals surface area contributed by atoms with E-state index < -0.39 is 11.8 Å². The second-order valence-electron chi connectivity index (χ2n) is 8.23. The Morgan fingerprint density at radius 3 is 2.41 bits per heavy atom. The van der Waals surface area contributed by atoms with Gasteiger partial charge in [0.05, 0.1) is 10.9 Å². The zero-order valence-electron chi connectivity index (χ0n) is 18.4. The zero-order chi connectivity index (χ0) is 22.7. The van der Waals surface area contributed by atoms with Crippen LogP contribution in [0.1, 0.15) is 52.2 Å². The molecule has 2 heterocycles. The van der Waals surface area contributed by atoms with E-state index in [9.17, 15) is 14.4 Å². The zero-order valence-corrected chi connectivity index (χ0v) is 18.4. The Hall–Kier alpha value is -3.68. The van der Waals surface area contributed by atoms with Crippen LogP contribution in [0.3, 0.4) is 0 Å².